The van der Waals surface area contributed by atoms with E-state index in [1.165, 1.54) is 17.7 Å². The van der Waals surface area contributed by atoms with E-state index in [2.05, 4.69) is 40.3 Å². The van der Waals surface area contributed by atoms with Gasteiger partial charge in [0.05, 0.1) is 0 Å². The van der Waals surface area contributed by atoms with Gasteiger partial charge in [-0.2, -0.15) is 0 Å². The number of fused-ring (bicyclic) bond motifs is 2. The lowest BCUT2D eigenvalue weighted by Crippen LogP contribution is -2.39. The van der Waals surface area contributed by atoms with Crippen molar-refractivity contribution in [3.05, 3.63) is 41.8 Å². The molecule has 2 fully saturated rings. The molecule has 2 aromatic rings. The maximum absolute atomic E-state index is 12.4. The van der Waals surface area contributed by atoms with Crippen molar-refractivity contribution >= 4 is 35.3 Å². The van der Waals surface area contributed by atoms with Crippen LogP contribution in [-0.4, -0.2) is 18.0 Å². The van der Waals surface area contributed by atoms with Gasteiger partial charge in [0.1, 0.15) is 0 Å². The number of hydrogen-bond acceptors (Lipinski definition) is 3. The summed E-state index contributed by atoms with van der Waals surface area (Å²) in [6.07, 6.45) is 5.52. The Balaban J connectivity index is 0.00000169. The van der Waals surface area contributed by atoms with Gasteiger partial charge in [-0.15, -0.1) is 23.7 Å². The zero-order valence-electron chi connectivity index (χ0n) is 13.5. The highest BCUT2D eigenvalue weighted by atomic mass is 35.5. The minimum atomic E-state index is 0. The summed E-state index contributed by atoms with van der Waals surface area (Å²) in [5, 5.41) is 8.80. The second-order valence-corrected chi connectivity index (χ2v) is 7.73. The van der Waals surface area contributed by atoms with Crippen molar-refractivity contribution in [2.24, 2.45) is 5.92 Å². The number of halogens is 1. The molecule has 5 heteroatoms. The first kappa shape index (κ1) is 17.5. The summed E-state index contributed by atoms with van der Waals surface area (Å²) < 4.78 is 0. The summed E-state index contributed by atoms with van der Waals surface area (Å²) in [6.45, 7) is 0. The van der Waals surface area contributed by atoms with Gasteiger partial charge in [-0.05, 0) is 60.7 Å². The third-order valence-electron chi connectivity index (χ3n) is 5.00. The quantitative estimate of drug-likeness (QED) is 0.827. The van der Waals surface area contributed by atoms with Crippen LogP contribution in [0.5, 0.6) is 0 Å². The van der Waals surface area contributed by atoms with Crippen LogP contribution in [0.25, 0.3) is 10.4 Å². The van der Waals surface area contributed by atoms with E-state index in [1.807, 2.05) is 12.1 Å². The second kappa shape index (κ2) is 7.68. The van der Waals surface area contributed by atoms with Crippen molar-refractivity contribution in [2.75, 3.05) is 5.32 Å². The van der Waals surface area contributed by atoms with Crippen LogP contribution in [0, 0.1) is 5.92 Å². The van der Waals surface area contributed by atoms with Crippen molar-refractivity contribution in [2.45, 2.75) is 44.2 Å². The van der Waals surface area contributed by atoms with Crippen LogP contribution in [0.4, 0.5) is 5.69 Å². The van der Waals surface area contributed by atoms with E-state index in [1.54, 1.807) is 11.3 Å². The van der Waals surface area contributed by atoms with Gasteiger partial charge in [-0.25, -0.2) is 0 Å². The van der Waals surface area contributed by atoms with Crippen LogP contribution in [0.1, 0.15) is 32.1 Å². The smallest absolute Gasteiger partial charge is 0.224 e. The van der Waals surface area contributed by atoms with Crippen molar-refractivity contribution in [1.82, 2.24) is 5.32 Å². The molecule has 1 amide bonds. The number of amides is 1. The van der Waals surface area contributed by atoms with E-state index < -0.39 is 0 Å². The second-order valence-electron chi connectivity index (χ2n) is 6.79. The number of nitrogens with one attached hydrogen (secondary N) is 2. The van der Waals surface area contributed by atoms with Gasteiger partial charge in [-0.3, -0.25) is 4.79 Å². The van der Waals surface area contributed by atoms with E-state index >= 15 is 0 Å². The van der Waals surface area contributed by atoms with E-state index in [0.717, 1.165) is 24.1 Å². The lowest BCUT2D eigenvalue weighted by molar-refractivity contribution is -0.117. The molecule has 3 nitrogen and oxygen atoms in total. The average Bonchev–Trinajstić information content (AvgIpc) is 3.17. The predicted octanol–water partition coefficient (Wildman–Crippen LogP) is 4.70. The lowest BCUT2D eigenvalue weighted by atomic mass is 9.89. The van der Waals surface area contributed by atoms with Gasteiger partial charge < -0.3 is 10.6 Å². The van der Waals surface area contributed by atoms with E-state index in [9.17, 15) is 4.79 Å². The summed E-state index contributed by atoms with van der Waals surface area (Å²) in [5.74, 6) is 0.689. The van der Waals surface area contributed by atoms with Crippen LogP contribution in [-0.2, 0) is 4.79 Å². The highest BCUT2D eigenvalue weighted by Gasteiger charge is 2.34. The molecule has 3 heterocycles. The molecule has 0 radical (unpaired) electrons. The topological polar surface area (TPSA) is 41.1 Å². The molecule has 0 spiro atoms. The lowest BCUT2D eigenvalue weighted by Gasteiger charge is -2.28. The zero-order chi connectivity index (χ0) is 15.6. The number of benzene rings is 1. The molecule has 1 aromatic heterocycles. The summed E-state index contributed by atoms with van der Waals surface area (Å²) in [6, 6.07) is 13.6. The SMILES string of the molecule is Cl.O=C(CC1CC2CCC(C1)N2)Nc1cccc(-c2cccs2)c1. The number of carbonyl (C=O) groups excluding carboxylic acids is 1. The molecule has 0 aliphatic carbocycles. The minimum Gasteiger partial charge on any atom is -0.326 e. The molecule has 128 valence electrons. The first-order valence-electron chi connectivity index (χ1n) is 8.46. The molecule has 2 aliphatic heterocycles. The fraction of sp³-hybridized carbons (Fsp3) is 0.421. The van der Waals surface area contributed by atoms with Crippen LogP contribution < -0.4 is 10.6 Å². The summed E-state index contributed by atoms with van der Waals surface area (Å²) in [5.41, 5.74) is 2.07. The van der Waals surface area contributed by atoms with Gasteiger partial charge in [0.25, 0.3) is 0 Å². The number of carbonyl (C=O) groups is 1. The van der Waals surface area contributed by atoms with Crippen molar-refractivity contribution in [3.63, 3.8) is 0 Å². The Hall–Kier alpha value is -1.36. The molecule has 2 aliphatic rings. The summed E-state index contributed by atoms with van der Waals surface area (Å²) in [7, 11) is 0. The van der Waals surface area contributed by atoms with E-state index in [-0.39, 0.29) is 18.3 Å². The largest absolute Gasteiger partial charge is 0.326 e. The standard InChI is InChI=1S/C19H22N2OS.ClH/c22-19(11-13-9-16-6-7-17(10-13)20-16)21-15-4-1-3-14(12-15)18-5-2-8-23-18;/h1-5,8,12-13,16-17,20H,6-7,9-11H2,(H,21,22);1H. The van der Waals surface area contributed by atoms with E-state index in [4.69, 9.17) is 0 Å². The Bertz CT molecular complexity index is 676. The van der Waals surface area contributed by atoms with Crippen LogP contribution in [0.3, 0.4) is 0 Å². The number of piperidine rings is 1. The third kappa shape index (κ3) is 4.00. The maximum Gasteiger partial charge on any atom is 0.224 e. The fourth-order valence-corrected chi connectivity index (χ4v) is 4.73. The first-order valence-corrected chi connectivity index (χ1v) is 9.34. The number of rotatable bonds is 4. The molecular weight excluding hydrogens is 340 g/mol. The summed E-state index contributed by atoms with van der Waals surface area (Å²) in [4.78, 5) is 13.6. The normalized spacial score (nSPS) is 25.1. The van der Waals surface area contributed by atoms with Gasteiger partial charge in [0.2, 0.25) is 5.91 Å². The Labute approximate surface area is 153 Å². The summed E-state index contributed by atoms with van der Waals surface area (Å²) >= 11 is 1.72. The Morgan fingerprint density at radius 3 is 2.67 bits per heavy atom. The number of hydrogen-bond donors (Lipinski definition) is 2. The zero-order valence-corrected chi connectivity index (χ0v) is 15.2. The van der Waals surface area contributed by atoms with Crippen molar-refractivity contribution < 1.29 is 4.79 Å². The monoisotopic (exact) mass is 362 g/mol. The molecule has 2 unspecified atom stereocenters. The molecule has 24 heavy (non-hydrogen) atoms. The van der Waals surface area contributed by atoms with Crippen LogP contribution in [0.2, 0.25) is 0 Å². The molecule has 0 saturated carbocycles. The molecule has 2 N–H and O–H groups in total. The Morgan fingerprint density at radius 2 is 1.96 bits per heavy atom. The molecule has 4 rings (SSSR count). The third-order valence-corrected chi connectivity index (χ3v) is 5.92. The molecule has 2 bridgehead atoms. The number of anilines is 1. The number of thiophene rings is 1. The predicted molar refractivity (Wildman–Crippen MR) is 103 cm³/mol. The molecular formula is C19H23ClN2OS. The molecule has 2 saturated heterocycles. The molecule has 1 aromatic carbocycles. The van der Waals surface area contributed by atoms with E-state index in [0.29, 0.717) is 24.4 Å². The van der Waals surface area contributed by atoms with Gasteiger partial charge in [-0.1, -0.05) is 18.2 Å². The minimum absolute atomic E-state index is 0. The first-order chi connectivity index (χ1) is 11.3. The Kier molecular flexibility index (Phi) is 5.59. The fourth-order valence-electron chi connectivity index (χ4n) is 4.01. The van der Waals surface area contributed by atoms with Crippen LogP contribution >= 0.6 is 23.7 Å². The maximum atomic E-state index is 12.4. The van der Waals surface area contributed by atoms with Crippen LogP contribution in [0.15, 0.2) is 41.8 Å². The van der Waals surface area contributed by atoms with Gasteiger partial charge in [0, 0.05) is 29.1 Å². The van der Waals surface area contributed by atoms with Crippen molar-refractivity contribution in [3.8, 4) is 10.4 Å². The Morgan fingerprint density at radius 1 is 1.17 bits per heavy atom. The molecule has 2 atom stereocenters. The highest BCUT2D eigenvalue weighted by Crippen LogP contribution is 2.33. The van der Waals surface area contributed by atoms with Gasteiger partial charge in [0.15, 0.2) is 0 Å². The highest BCUT2D eigenvalue weighted by molar-refractivity contribution is 7.13. The van der Waals surface area contributed by atoms with Gasteiger partial charge >= 0.3 is 0 Å². The average molecular weight is 363 g/mol. The van der Waals surface area contributed by atoms with Crippen molar-refractivity contribution in [1.29, 1.82) is 0 Å².